The second-order valence-corrected chi connectivity index (χ2v) is 5.25. The summed E-state index contributed by atoms with van der Waals surface area (Å²) in [4.78, 5) is 14.4. The van der Waals surface area contributed by atoms with Gasteiger partial charge in [-0.05, 0) is 47.9 Å². The predicted molar refractivity (Wildman–Crippen MR) is 79.1 cm³/mol. The fraction of sp³-hybridized carbons (Fsp3) is 0.467. The molecule has 2 aromatic rings. The smallest absolute Gasteiger partial charge is 0.244 e. The first-order chi connectivity index (χ1) is 10.8. The van der Waals surface area contributed by atoms with Crippen LogP contribution in [0.1, 0.15) is 31.4 Å². The average molecular weight is 301 g/mol. The Morgan fingerprint density at radius 3 is 2.86 bits per heavy atom. The number of ether oxygens (including phenoxy) is 1. The highest BCUT2D eigenvalue weighted by Gasteiger charge is 2.30. The molecule has 3 rings (SSSR count). The van der Waals surface area contributed by atoms with E-state index in [1.807, 2.05) is 36.1 Å². The third kappa shape index (κ3) is 3.08. The third-order valence-corrected chi connectivity index (χ3v) is 3.84. The SMILES string of the molecule is CCOc1ccc([C@H]2CCCN2C(=O)Cn2cnnn2)cc1. The Balaban J connectivity index is 1.70. The zero-order valence-electron chi connectivity index (χ0n) is 12.6. The summed E-state index contributed by atoms with van der Waals surface area (Å²) in [5.74, 6) is 0.902. The Morgan fingerprint density at radius 1 is 1.36 bits per heavy atom. The molecule has 0 N–H and O–H groups in total. The first-order valence-corrected chi connectivity index (χ1v) is 7.51. The fourth-order valence-corrected chi connectivity index (χ4v) is 2.85. The molecular formula is C15H19N5O2. The first-order valence-electron chi connectivity index (χ1n) is 7.51. The maximum absolute atomic E-state index is 12.5. The lowest BCUT2D eigenvalue weighted by molar-refractivity contribution is -0.133. The highest BCUT2D eigenvalue weighted by molar-refractivity contribution is 5.76. The lowest BCUT2D eigenvalue weighted by atomic mass is 10.0. The van der Waals surface area contributed by atoms with Crippen LogP contribution in [0.3, 0.4) is 0 Å². The number of hydrogen-bond donors (Lipinski definition) is 0. The van der Waals surface area contributed by atoms with Crippen LogP contribution in [0, 0.1) is 0 Å². The van der Waals surface area contributed by atoms with E-state index in [0.29, 0.717) is 6.61 Å². The molecule has 1 saturated heterocycles. The summed E-state index contributed by atoms with van der Waals surface area (Å²) in [5, 5.41) is 10.9. The number of carbonyl (C=O) groups is 1. The second-order valence-electron chi connectivity index (χ2n) is 5.25. The Labute approximate surface area is 128 Å². The summed E-state index contributed by atoms with van der Waals surface area (Å²) in [6.45, 7) is 3.57. The number of carbonyl (C=O) groups excluding carboxylic acids is 1. The van der Waals surface area contributed by atoms with E-state index < -0.39 is 0 Å². The van der Waals surface area contributed by atoms with Crippen molar-refractivity contribution in [2.45, 2.75) is 32.4 Å². The number of hydrogen-bond acceptors (Lipinski definition) is 5. The standard InChI is InChI=1S/C15H19N5O2/c1-2-22-13-7-5-12(6-8-13)14-4-3-9-20(14)15(21)10-19-11-16-17-18-19/h5-8,11,14H,2-4,9-10H2,1H3/t14-/m1/s1. The van der Waals surface area contributed by atoms with E-state index in [2.05, 4.69) is 15.5 Å². The van der Waals surface area contributed by atoms with Gasteiger partial charge in [-0.2, -0.15) is 0 Å². The Bertz CT molecular complexity index is 611. The average Bonchev–Trinajstić information content (AvgIpc) is 3.19. The minimum absolute atomic E-state index is 0.0451. The normalized spacial score (nSPS) is 17.7. The molecular weight excluding hydrogens is 282 g/mol. The Kier molecular flexibility index (Phi) is 4.32. The van der Waals surface area contributed by atoms with Crippen LogP contribution in [0.15, 0.2) is 30.6 Å². The van der Waals surface area contributed by atoms with Gasteiger partial charge >= 0.3 is 0 Å². The van der Waals surface area contributed by atoms with Crippen molar-refractivity contribution in [2.75, 3.05) is 13.2 Å². The molecule has 116 valence electrons. The second kappa shape index (κ2) is 6.55. The van der Waals surface area contributed by atoms with E-state index in [9.17, 15) is 4.79 Å². The number of amides is 1. The molecule has 7 heteroatoms. The van der Waals surface area contributed by atoms with Crippen molar-refractivity contribution in [2.24, 2.45) is 0 Å². The number of tetrazole rings is 1. The maximum atomic E-state index is 12.5. The largest absolute Gasteiger partial charge is 0.494 e. The van der Waals surface area contributed by atoms with Gasteiger partial charge in [-0.1, -0.05) is 12.1 Å². The van der Waals surface area contributed by atoms with Gasteiger partial charge in [0, 0.05) is 6.54 Å². The molecule has 1 aliphatic rings. The number of likely N-dealkylation sites (tertiary alicyclic amines) is 1. The van der Waals surface area contributed by atoms with Crippen LogP contribution in [0.25, 0.3) is 0 Å². The quantitative estimate of drug-likeness (QED) is 0.835. The summed E-state index contributed by atoms with van der Waals surface area (Å²) in [7, 11) is 0. The van der Waals surface area contributed by atoms with Gasteiger partial charge in [-0.15, -0.1) is 5.10 Å². The van der Waals surface area contributed by atoms with Gasteiger partial charge < -0.3 is 9.64 Å². The zero-order chi connectivity index (χ0) is 15.4. The van der Waals surface area contributed by atoms with Gasteiger partial charge in [-0.3, -0.25) is 4.79 Å². The van der Waals surface area contributed by atoms with Gasteiger partial charge in [0.15, 0.2) is 0 Å². The van der Waals surface area contributed by atoms with Crippen molar-refractivity contribution in [3.05, 3.63) is 36.2 Å². The highest BCUT2D eigenvalue weighted by atomic mass is 16.5. The van der Waals surface area contributed by atoms with Gasteiger partial charge in [-0.25, -0.2) is 4.68 Å². The molecule has 1 aliphatic heterocycles. The van der Waals surface area contributed by atoms with Crippen molar-refractivity contribution in [1.29, 1.82) is 0 Å². The van der Waals surface area contributed by atoms with Crippen LogP contribution in [0.4, 0.5) is 0 Å². The van der Waals surface area contributed by atoms with Crippen LogP contribution in [-0.2, 0) is 11.3 Å². The van der Waals surface area contributed by atoms with Crippen molar-refractivity contribution < 1.29 is 9.53 Å². The minimum atomic E-state index is 0.0451. The van der Waals surface area contributed by atoms with E-state index in [1.54, 1.807) is 0 Å². The van der Waals surface area contributed by atoms with Crippen LogP contribution < -0.4 is 4.74 Å². The Morgan fingerprint density at radius 2 is 2.18 bits per heavy atom. The Hall–Kier alpha value is -2.44. The fourth-order valence-electron chi connectivity index (χ4n) is 2.85. The van der Waals surface area contributed by atoms with Crippen LogP contribution in [0.2, 0.25) is 0 Å². The molecule has 0 unspecified atom stereocenters. The van der Waals surface area contributed by atoms with E-state index in [-0.39, 0.29) is 18.5 Å². The summed E-state index contributed by atoms with van der Waals surface area (Å²) in [5.41, 5.74) is 1.14. The lowest BCUT2D eigenvalue weighted by Gasteiger charge is -2.25. The van der Waals surface area contributed by atoms with Gasteiger partial charge in [0.25, 0.3) is 0 Å². The first kappa shape index (κ1) is 14.5. The molecule has 1 amide bonds. The number of benzene rings is 1. The number of rotatable bonds is 5. The van der Waals surface area contributed by atoms with Gasteiger partial charge in [0.2, 0.25) is 5.91 Å². The predicted octanol–water partition coefficient (Wildman–Crippen LogP) is 1.44. The van der Waals surface area contributed by atoms with Crippen molar-refractivity contribution in [1.82, 2.24) is 25.1 Å². The molecule has 7 nitrogen and oxygen atoms in total. The molecule has 2 heterocycles. The maximum Gasteiger partial charge on any atom is 0.244 e. The highest BCUT2D eigenvalue weighted by Crippen LogP contribution is 2.32. The molecule has 1 fully saturated rings. The van der Waals surface area contributed by atoms with Crippen LogP contribution in [0.5, 0.6) is 5.75 Å². The van der Waals surface area contributed by atoms with Gasteiger partial charge in [0.05, 0.1) is 12.6 Å². The third-order valence-electron chi connectivity index (χ3n) is 3.84. The monoisotopic (exact) mass is 301 g/mol. The summed E-state index contributed by atoms with van der Waals surface area (Å²) in [6.07, 6.45) is 3.45. The molecule has 0 radical (unpaired) electrons. The zero-order valence-corrected chi connectivity index (χ0v) is 12.6. The summed E-state index contributed by atoms with van der Waals surface area (Å²) < 4.78 is 6.92. The number of aromatic nitrogens is 4. The van der Waals surface area contributed by atoms with E-state index in [0.717, 1.165) is 30.7 Å². The lowest BCUT2D eigenvalue weighted by Crippen LogP contribution is -2.33. The van der Waals surface area contributed by atoms with E-state index in [1.165, 1.54) is 11.0 Å². The van der Waals surface area contributed by atoms with Crippen LogP contribution in [-0.4, -0.2) is 44.2 Å². The van der Waals surface area contributed by atoms with E-state index in [4.69, 9.17) is 4.74 Å². The topological polar surface area (TPSA) is 73.1 Å². The van der Waals surface area contributed by atoms with Crippen molar-refractivity contribution in [3.8, 4) is 5.75 Å². The molecule has 1 aromatic heterocycles. The summed E-state index contributed by atoms with van der Waals surface area (Å²) >= 11 is 0. The van der Waals surface area contributed by atoms with Crippen molar-refractivity contribution in [3.63, 3.8) is 0 Å². The molecule has 0 aliphatic carbocycles. The molecule has 0 spiro atoms. The summed E-state index contributed by atoms with van der Waals surface area (Å²) in [6, 6.07) is 8.12. The van der Waals surface area contributed by atoms with Gasteiger partial charge in [0.1, 0.15) is 18.6 Å². The molecule has 1 atom stereocenters. The van der Waals surface area contributed by atoms with Crippen molar-refractivity contribution >= 4 is 5.91 Å². The number of nitrogens with zero attached hydrogens (tertiary/aromatic N) is 5. The molecule has 22 heavy (non-hydrogen) atoms. The molecule has 0 saturated carbocycles. The molecule has 1 aromatic carbocycles. The molecule has 0 bridgehead atoms. The minimum Gasteiger partial charge on any atom is -0.494 e. The van der Waals surface area contributed by atoms with Crippen LogP contribution >= 0.6 is 0 Å². The van der Waals surface area contributed by atoms with E-state index >= 15 is 0 Å².